The van der Waals surface area contributed by atoms with Crippen molar-refractivity contribution in [2.45, 2.75) is 6.04 Å². The van der Waals surface area contributed by atoms with Crippen molar-refractivity contribution in [1.29, 1.82) is 0 Å². The highest BCUT2D eigenvalue weighted by atomic mass is 19.1. The van der Waals surface area contributed by atoms with Crippen LogP contribution in [-0.4, -0.2) is 11.0 Å². The molecule has 1 aliphatic rings. The molecule has 0 fully saturated rings. The number of aromatic hydroxyl groups is 1. The Bertz CT molecular complexity index is 1010. The number of carbonyl (C=O) groups is 1. The number of phenols is 1. The van der Waals surface area contributed by atoms with Gasteiger partial charge < -0.3 is 14.8 Å². The molecule has 0 radical (unpaired) electrons. The normalized spacial score (nSPS) is 16.4. The van der Waals surface area contributed by atoms with Gasteiger partial charge >= 0.3 is 0 Å². The van der Waals surface area contributed by atoms with Crippen molar-refractivity contribution in [2.75, 3.05) is 0 Å². The molecule has 0 unspecified atom stereocenters. The van der Waals surface area contributed by atoms with Crippen LogP contribution in [0.4, 0.5) is 4.39 Å². The molecule has 5 nitrogen and oxygen atoms in total. The second-order valence-corrected chi connectivity index (χ2v) is 5.31. The van der Waals surface area contributed by atoms with Crippen molar-refractivity contribution in [3.8, 4) is 5.75 Å². The average Bonchev–Trinajstić information content (AvgIpc) is 2.86. The topological polar surface area (TPSA) is 79.5 Å². The fraction of sp³-hybridized carbons (Fsp3) is 0.0588. The fourth-order valence-electron chi connectivity index (χ4n) is 2.80. The average molecular weight is 311 g/mol. The Hall–Kier alpha value is -3.15. The first-order valence-electron chi connectivity index (χ1n) is 6.90. The second-order valence-electron chi connectivity index (χ2n) is 5.31. The van der Waals surface area contributed by atoms with Crippen LogP contribution in [0.15, 0.2) is 51.7 Å². The number of amides is 1. The molecule has 1 aliphatic heterocycles. The molecule has 0 aliphatic carbocycles. The molecule has 114 valence electrons. The summed E-state index contributed by atoms with van der Waals surface area (Å²) in [5.41, 5.74) is 0.491. The third-order valence-electron chi connectivity index (χ3n) is 3.88. The highest BCUT2D eigenvalue weighted by Crippen LogP contribution is 2.31. The number of nitrogens with one attached hydrogen (secondary N) is 1. The van der Waals surface area contributed by atoms with Gasteiger partial charge in [0.25, 0.3) is 5.91 Å². The third-order valence-corrected chi connectivity index (χ3v) is 3.88. The molecule has 3 aromatic rings. The van der Waals surface area contributed by atoms with Gasteiger partial charge in [0, 0.05) is 0 Å². The smallest absolute Gasteiger partial charge is 0.288 e. The van der Waals surface area contributed by atoms with Gasteiger partial charge in [-0.3, -0.25) is 9.59 Å². The van der Waals surface area contributed by atoms with Gasteiger partial charge in [-0.2, -0.15) is 0 Å². The summed E-state index contributed by atoms with van der Waals surface area (Å²) in [6, 6.07) is 9.02. The molecule has 2 N–H and O–H groups in total. The largest absolute Gasteiger partial charge is 0.508 e. The number of phenolic OH excluding ortho intramolecular Hbond substituents is 1. The lowest BCUT2D eigenvalue weighted by molar-refractivity contribution is 0.0938. The zero-order valence-corrected chi connectivity index (χ0v) is 11.7. The molecule has 0 saturated carbocycles. The zero-order valence-electron chi connectivity index (χ0n) is 11.7. The molecule has 0 spiro atoms. The minimum Gasteiger partial charge on any atom is -0.508 e. The standard InChI is InChI=1S/C17H10FNO4/c18-9-3-6-12-11(7-9)15(21)13-14(19-17(22)16(13)23-12)8-1-4-10(20)5-2-8/h1-7,14,20H,(H,19,22)/t14-/m1/s1. The van der Waals surface area contributed by atoms with Crippen molar-refractivity contribution in [1.82, 2.24) is 5.32 Å². The summed E-state index contributed by atoms with van der Waals surface area (Å²) in [7, 11) is 0. The van der Waals surface area contributed by atoms with Crippen LogP contribution in [0.5, 0.6) is 5.75 Å². The van der Waals surface area contributed by atoms with E-state index in [0.29, 0.717) is 5.56 Å². The van der Waals surface area contributed by atoms with Crippen LogP contribution in [0.25, 0.3) is 11.0 Å². The van der Waals surface area contributed by atoms with Gasteiger partial charge in [-0.05, 0) is 35.9 Å². The van der Waals surface area contributed by atoms with Gasteiger partial charge in [0.15, 0.2) is 5.43 Å². The van der Waals surface area contributed by atoms with Crippen molar-refractivity contribution in [3.05, 3.63) is 75.4 Å². The molecule has 0 saturated heterocycles. The first-order chi connectivity index (χ1) is 11.0. The molecular weight excluding hydrogens is 301 g/mol. The van der Waals surface area contributed by atoms with E-state index in [1.807, 2.05) is 0 Å². The van der Waals surface area contributed by atoms with Gasteiger partial charge in [0.2, 0.25) is 5.76 Å². The van der Waals surface area contributed by atoms with Gasteiger partial charge in [-0.25, -0.2) is 4.39 Å². The van der Waals surface area contributed by atoms with E-state index in [9.17, 15) is 19.1 Å². The van der Waals surface area contributed by atoms with Crippen LogP contribution < -0.4 is 10.7 Å². The van der Waals surface area contributed by atoms with E-state index in [1.165, 1.54) is 24.3 Å². The first-order valence-corrected chi connectivity index (χ1v) is 6.90. The Morgan fingerprint density at radius 1 is 1.09 bits per heavy atom. The van der Waals surface area contributed by atoms with Crippen molar-refractivity contribution in [2.24, 2.45) is 0 Å². The van der Waals surface area contributed by atoms with Crippen LogP contribution in [0, 0.1) is 5.82 Å². The number of hydrogen-bond donors (Lipinski definition) is 2. The molecule has 4 rings (SSSR count). The lowest BCUT2D eigenvalue weighted by Gasteiger charge is -2.11. The van der Waals surface area contributed by atoms with Crippen LogP contribution in [0.1, 0.15) is 27.7 Å². The zero-order chi connectivity index (χ0) is 16.1. The Morgan fingerprint density at radius 2 is 1.83 bits per heavy atom. The summed E-state index contributed by atoms with van der Waals surface area (Å²) in [5.74, 6) is -1.04. The number of fused-ring (bicyclic) bond motifs is 2. The van der Waals surface area contributed by atoms with Crippen LogP contribution in [0.2, 0.25) is 0 Å². The van der Waals surface area contributed by atoms with Crippen molar-refractivity contribution < 1.29 is 18.7 Å². The number of hydrogen-bond acceptors (Lipinski definition) is 4. The van der Waals surface area contributed by atoms with Gasteiger partial charge in [0.1, 0.15) is 17.1 Å². The van der Waals surface area contributed by atoms with E-state index >= 15 is 0 Å². The monoisotopic (exact) mass is 311 g/mol. The molecule has 1 aromatic heterocycles. The SMILES string of the molecule is O=C1N[C@H](c2ccc(O)cc2)c2c1oc1ccc(F)cc1c2=O. The maximum Gasteiger partial charge on any atom is 0.288 e. The minimum absolute atomic E-state index is 0.0628. The lowest BCUT2D eigenvalue weighted by atomic mass is 9.99. The van der Waals surface area contributed by atoms with E-state index in [-0.39, 0.29) is 28.0 Å². The number of carbonyl (C=O) groups excluding carboxylic acids is 1. The predicted octanol–water partition coefficient (Wildman–Crippen LogP) is 2.47. The van der Waals surface area contributed by atoms with Gasteiger partial charge in [-0.15, -0.1) is 0 Å². The molecule has 2 aromatic carbocycles. The Balaban J connectivity index is 1.99. The Labute approximate surface area is 129 Å². The summed E-state index contributed by atoms with van der Waals surface area (Å²) in [4.78, 5) is 24.8. The van der Waals surface area contributed by atoms with E-state index < -0.39 is 23.2 Å². The first kappa shape index (κ1) is 13.5. The Morgan fingerprint density at radius 3 is 2.57 bits per heavy atom. The van der Waals surface area contributed by atoms with Gasteiger partial charge in [-0.1, -0.05) is 12.1 Å². The molecule has 1 amide bonds. The minimum atomic E-state index is -0.693. The molecular formula is C17H10FNO4. The second kappa shape index (κ2) is 4.67. The lowest BCUT2D eigenvalue weighted by Crippen LogP contribution is -2.21. The third kappa shape index (κ3) is 1.99. The van der Waals surface area contributed by atoms with E-state index in [0.717, 1.165) is 6.07 Å². The number of benzene rings is 2. The van der Waals surface area contributed by atoms with Crippen LogP contribution in [0.3, 0.4) is 0 Å². The van der Waals surface area contributed by atoms with E-state index in [4.69, 9.17) is 4.42 Å². The molecule has 1 atom stereocenters. The van der Waals surface area contributed by atoms with Gasteiger partial charge in [0.05, 0.1) is 17.0 Å². The predicted molar refractivity (Wildman–Crippen MR) is 79.9 cm³/mol. The van der Waals surface area contributed by atoms with Crippen LogP contribution in [-0.2, 0) is 0 Å². The number of halogens is 1. The maximum absolute atomic E-state index is 13.4. The number of rotatable bonds is 1. The summed E-state index contributed by atoms with van der Waals surface area (Å²) in [5, 5.41) is 12.1. The summed E-state index contributed by atoms with van der Waals surface area (Å²) in [6.07, 6.45) is 0. The van der Waals surface area contributed by atoms with E-state index in [2.05, 4.69) is 5.32 Å². The maximum atomic E-state index is 13.4. The fourth-order valence-corrected chi connectivity index (χ4v) is 2.80. The summed E-state index contributed by atoms with van der Waals surface area (Å²) < 4.78 is 18.9. The highest BCUT2D eigenvalue weighted by Gasteiger charge is 2.35. The quantitative estimate of drug-likeness (QED) is 0.723. The van der Waals surface area contributed by atoms with E-state index in [1.54, 1.807) is 12.1 Å². The van der Waals surface area contributed by atoms with Crippen molar-refractivity contribution in [3.63, 3.8) is 0 Å². The van der Waals surface area contributed by atoms with Crippen LogP contribution >= 0.6 is 0 Å². The molecule has 6 heteroatoms. The molecule has 2 heterocycles. The van der Waals surface area contributed by atoms with Crippen molar-refractivity contribution >= 4 is 16.9 Å². The summed E-state index contributed by atoms with van der Waals surface area (Å²) in [6.45, 7) is 0. The molecule has 0 bridgehead atoms. The highest BCUT2D eigenvalue weighted by molar-refractivity contribution is 5.98. The molecule has 23 heavy (non-hydrogen) atoms. The Kier molecular flexibility index (Phi) is 2.74. The summed E-state index contributed by atoms with van der Waals surface area (Å²) >= 11 is 0.